The molecule has 3 aromatic carbocycles. The van der Waals surface area contributed by atoms with E-state index in [1.807, 2.05) is 50.2 Å². The molecule has 5 nitrogen and oxygen atoms in total. The molecule has 0 fully saturated rings. The molecule has 0 aromatic heterocycles. The molecule has 3 unspecified atom stereocenters. The van der Waals surface area contributed by atoms with Crippen molar-refractivity contribution < 1.29 is 23.8 Å². The maximum absolute atomic E-state index is 13.7. The third-order valence-corrected chi connectivity index (χ3v) is 6.81. The molecule has 0 spiro atoms. The Morgan fingerprint density at radius 3 is 2.77 bits per heavy atom. The minimum atomic E-state index is -0.903. The van der Waals surface area contributed by atoms with Gasteiger partial charge in [0.1, 0.15) is 5.75 Å². The second-order valence-electron chi connectivity index (χ2n) is 9.16. The summed E-state index contributed by atoms with van der Waals surface area (Å²) >= 11 is 0. The fourth-order valence-corrected chi connectivity index (χ4v) is 4.78. The van der Waals surface area contributed by atoms with Crippen molar-refractivity contribution in [2.45, 2.75) is 51.2 Å². The Kier molecular flexibility index (Phi) is 7.71. The Morgan fingerprint density at radius 2 is 2.00 bits per heavy atom. The summed E-state index contributed by atoms with van der Waals surface area (Å²) < 4.78 is 25.1. The molecule has 1 aliphatic rings. The summed E-state index contributed by atoms with van der Waals surface area (Å²) in [5, 5.41) is 13.1. The Bertz CT molecular complexity index is 1200. The van der Waals surface area contributed by atoms with Crippen LogP contribution in [0, 0.1) is 12.7 Å². The van der Waals surface area contributed by atoms with Crippen LogP contribution < -0.4 is 14.8 Å². The first-order valence-electron chi connectivity index (χ1n) is 12.0. The smallest absolute Gasteiger partial charge is 0.335 e. The van der Waals surface area contributed by atoms with Crippen molar-refractivity contribution in [2.24, 2.45) is 0 Å². The van der Waals surface area contributed by atoms with E-state index in [-0.39, 0.29) is 29.6 Å². The number of carboxylic acids is 1. The number of fused-ring (bicyclic) bond motifs is 1. The number of aromatic carboxylic acids is 1. The number of carbonyl (C=O) groups is 1. The van der Waals surface area contributed by atoms with Gasteiger partial charge in [-0.1, -0.05) is 36.4 Å². The molecule has 0 amide bonds. The van der Waals surface area contributed by atoms with Crippen LogP contribution in [0.1, 0.15) is 70.8 Å². The van der Waals surface area contributed by atoms with Gasteiger partial charge >= 0.3 is 5.97 Å². The normalized spacial score (nSPS) is 17.8. The molecule has 4 rings (SSSR count). The van der Waals surface area contributed by atoms with Crippen molar-refractivity contribution in [3.8, 4) is 11.5 Å². The highest BCUT2D eigenvalue weighted by Gasteiger charge is 2.29. The monoisotopic (exact) mass is 477 g/mol. The highest BCUT2D eigenvalue weighted by molar-refractivity contribution is 5.89. The first-order chi connectivity index (χ1) is 16.9. The van der Waals surface area contributed by atoms with Crippen LogP contribution >= 0.6 is 0 Å². The van der Waals surface area contributed by atoms with Crippen molar-refractivity contribution in [1.29, 1.82) is 0 Å². The fraction of sp³-hybridized carbons (Fsp3) is 0.345. The Hall–Kier alpha value is -3.38. The third-order valence-electron chi connectivity index (χ3n) is 6.81. The van der Waals surface area contributed by atoms with Crippen LogP contribution in [0.3, 0.4) is 0 Å². The van der Waals surface area contributed by atoms with Crippen LogP contribution in [0.5, 0.6) is 11.5 Å². The summed E-state index contributed by atoms with van der Waals surface area (Å²) in [4.78, 5) is 11.7. The van der Waals surface area contributed by atoms with E-state index in [9.17, 15) is 14.3 Å². The second-order valence-corrected chi connectivity index (χ2v) is 9.16. The van der Waals surface area contributed by atoms with Gasteiger partial charge in [-0.3, -0.25) is 0 Å². The minimum Gasteiger partial charge on any atom is -0.494 e. The van der Waals surface area contributed by atoms with E-state index in [0.29, 0.717) is 5.56 Å². The Labute approximate surface area is 205 Å². The summed E-state index contributed by atoms with van der Waals surface area (Å²) in [6.07, 6.45) is 2.61. The Balaban J connectivity index is 1.41. The van der Waals surface area contributed by atoms with Gasteiger partial charge < -0.3 is 19.9 Å². The lowest BCUT2D eigenvalue weighted by Crippen LogP contribution is -2.28. The van der Waals surface area contributed by atoms with Crippen LogP contribution in [0.4, 0.5) is 4.39 Å². The molecular formula is C29H32FNO4. The van der Waals surface area contributed by atoms with Crippen molar-refractivity contribution in [1.82, 2.24) is 5.32 Å². The average Bonchev–Trinajstić information content (AvgIpc) is 2.86. The molecule has 3 aromatic rings. The highest BCUT2D eigenvalue weighted by atomic mass is 19.1. The molecule has 6 heteroatoms. The molecule has 0 saturated carbocycles. The standard InChI is InChI=1S/C29H32FNO4/c1-18-10-11-21(15-24(18)29(32)33)25-17-22(35-27-9-5-4-8-23(25)27)7-6-14-31-19(2)20-12-13-26(30)28(16-20)34-3/h4-5,8-13,15-16,19,22,25,31H,6-7,14,17H2,1-3H3,(H,32,33). The molecule has 1 heterocycles. The molecule has 0 bridgehead atoms. The van der Waals surface area contributed by atoms with Gasteiger partial charge in [0.15, 0.2) is 11.6 Å². The van der Waals surface area contributed by atoms with Crippen LogP contribution in [-0.2, 0) is 0 Å². The van der Waals surface area contributed by atoms with E-state index >= 15 is 0 Å². The zero-order valence-corrected chi connectivity index (χ0v) is 20.4. The molecule has 1 aliphatic heterocycles. The number of para-hydroxylation sites is 1. The van der Waals surface area contributed by atoms with Crippen molar-refractivity contribution in [3.63, 3.8) is 0 Å². The maximum Gasteiger partial charge on any atom is 0.335 e. The molecule has 3 atom stereocenters. The van der Waals surface area contributed by atoms with Crippen LogP contribution in [-0.4, -0.2) is 30.8 Å². The van der Waals surface area contributed by atoms with E-state index in [2.05, 4.69) is 11.4 Å². The number of rotatable bonds is 9. The molecule has 184 valence electrons. The Morgan fingerprint density at radius 1 is 1.20 bits per heavy atom. The predicted octanol–water partition coefficient (Wildman–Crippen LogP) is 6.25. The average molecular weight is 478 g/mol. The number of benzene rings is 3. The van der Waals surface area contributed by atoms with Gasteiger partial charge in [0.2, 0.25) is 0 Å². The summed E-state index contributed by atoms with van der Waals surface area (Å²) in [6, 6.07) is 18.7. The number of carboxylic acid groups (broad SMARTS) is 1. The second kappa shape index (κ2) is 10.9. The van der Waals surface area contributed by atoms with Crippen LogP contribution in [0.2, 0.25) is 0 Å². The number of halogens is 1. The van der Waals surface area contributed by atoms with Crippen molar-refractivity contribution in [2.75, 3.05) is 13.7 Å². The molecule has 0 radical (unpaired) electrons. The minimum absolute atomic E-state index is 0.0347. The number of methoxy groups -OCH3 is 1. The molecular weight excluding hydrogens is 445 g/mol. The van der Waals surface area contributed by atoms with E-state index in [1.165, 1.54) is 13.2 Å². The van der Waals surface area contributed by atoms with E-state index in [1.54, 1.807) is 12.1 Å². The fourth-order valence-electron chi connectivity index (χ4n) is 4.78. The number of ether oxygens (including phenoxy) is 2. The van der Waals surface area contributed by atoms with Gasteiger partial charge in [0, 0.05) is 17.5 Å². The van der Waals surface area contributed by atoms with Gasteiger partial charge in [-0.25, -0.2) is 9.18 Å². The first-order valence-corrected chi connectivity index (χ1v) is 12.0. The van der Waals surface area contributed by atoms with Gasteiger partial charge in [-0.05, 0) is 80.6 Å². The van der Waals surface area contributed by atoms with Gasteiger partial charge in [0.05, 0.1) is 18.8 Å². The van der Waals surface area contributed by atoms with E-state index < -0.39 is 5.97 Å². The van der Waals surface area contributed by atoms with Crippen LogP contribution in [0.25, 0.3) is 0 Å². The topological polar surface area (TPSA) is 67.8 Å². The largest absolute Gasteiger partial charge is 0.494 e. The van der Waals surface area contributed by atoms with Crippen LogP contribution in [0.15, 0.2) is 60.7 Å². The lowest BCUT2D eigenvalue weighted by Gasteiger charge is -2.33. The molecule has 0 saturated heterocycles. The zero-order valence-electron chi connectivity index (χ0n) is 20.4. The number of nitrogens with one attached hydrogen (secondary N) is 1. The number of hydrogen-bond acceptors (Lipinski definition) is 4. The van der Waals surface area contributed by atoms with Gasteiger partial charge in [-0.15, -0.1) is 0 Å². The summed E-state index contributed by atoms with van der Waals surface area (Å²) in [5.41, 5.74) is 4.18. The van der Waals surface area contributed by atoms with Gasteiger partial charge in [0.25, 0.3) is 0 Å². The summed E-state index contributed by atoms with van der Waals surface area (Å²) in [6.45, 7) is 4.66. The third kappa shape index (κ3) is 5.65. The quantitative estimate of drug-likeness (QED) is 0.356. The number of aryl methyl sites for hydroxylation is 1. The SMILES string of the molecule is COc1cc(C(C)NCCCC2CC(c3ccc(C)c(C(=O)O)c3)c3ccccc3O2)ccc1F. The lowest BCUT2D eigenvalue weighted by molar-refractivity contribution is 0.0696. The molecule has 35 heavy (non-hydrogen) atoms. The van der Waals surface area contributed by atoms with Gasteiger partial charge in [-0.2, -0.15) is 0 Å². The van der Waals surface area contributed by atoms with Crippen molar-refractivity contribution in [3.05, 3.63) is 94.3 Å². The number of hydrogen-bond donors (Lipinski definition) is 2. The van der Waals surface area contributed by atoms with Crippen molar-refractivity contribution >= 4 is 5.97 Å². The maximum atomic E-state index is 13.7. The van der Waals surface area contributed by atoms with E-state index in [0.717, 1.165) is 53.8 Å². The summed E-state index contributed by atoms with van der Waals surface area (Å²) in [5.74, 6) is -0.0660. The summed E-state index contributed by atoms with van der Waals surface area (Å²) in [7, 11) is 1.47. The zero-order chi connectivity index (χ0) is 24.9. The van der Waals surface area contributed by atoms with E-state index in [4.69, 9.17) is 9.47 Å². The predicted molar refractivity (Wildman–Crippen MR) is 134 cm³/mol. The first kappa shape index (κ1) is 24.7. The molecule has 2 N–H and O–H groups in total. The lowest BCUT2D eigenvalue weighted by atomic mass is 9.82. The molecule has 0 aliphatic carbocycles. The highest BCUT2D eigenvalue weighted by Crippen LogP contribution is 2.41.